The SMILES string of the molecule is COc1ccc(C(=O)N(CCC(=O)N2CCNCC2)C2CCCC2)cc1OC. The molecule has 28 heavy (non-hydrogen) atoms. The number of rotatable bonds is 7. The Morgan fingerprint density at radius 1 is 1.11 bits per heavy atom. The van der Waals surface area contributed by atoms with Gasteiger partial charge < -0.3 is 24.6 Å². The zero-order chi connectivity index (χ0) is 19.9. The van der Waals surface area contributed by atoms with Crippen LogP contribution in [0.2, 0.25) is 0 Å². The maximum atomic E-state index is 13.3. The minimum atomic E-state index is -0.0408. The molecule has 0 spiro atoms. The summed E-state index contributed by atoms with van der Waals surface area (Å²) in [7, 11) is 3.14. The number of piperazine rings is 1. The fourth-order valence-electron chi connectivity index (χ4n) is 4.09. The van der Waals surface area contributed by atoms with Gasteiger partial charge in [0.25, 0.3) is 5.91 Å². The van der Waals surface area contributed by atoms with Gasteiger partial charge in [-0.3, -0.25) is 9.59 Å². The molecular weight excluding hydrogens is 358 g/mol. The lowest BCUT2D eigenvalue weighted by atomic mass is 10.1. The second-order valence-corrected chi connectivity index (χ2v) is 7.39. The lowest BCUT2D eigenvalue weighted by Gasteiger charge is -2.31. The van der Waals surface area contributed by atoms with Gasteiger partial charge in [0.15, 0.2) is 11.5 Å². The topological polar surface area (TPSA) is 71.1 Å². The summed E-state index contributed by atoms with van der Waals surface area (Å²) in [6, 6.07) is 5.45. The lowest BCUT2D eigenvalue weighted by molar-refractivity contribution is -0.132. The predicted octanol–water partition coefficient (Wildman–Crippen LogP) is 1.91. The van der Waals surface area contributed by atoms with Crippen molar-refractivity contribution in [2.24, 2.45) is 0 Å². The molecule has 0 bridgehead atoms. The second kappa shape index (κ2) is 9.78. The molecular formula is C21H31N3O4. The van der Waals surface area contributed by atoms with Crippen LogP contribution in [-0.4, -0.2) is 74.6 Å². The fourth-order valence-corrected chi connectivity index (χ4v) is 4.09. The normalized spacial score (nSPS) is 17.4. The standard InChI is InChI=1S/C21H31N3O4/c1-27-18-8-7-16(15-19(18)28-2)21(26)24(17-5-3-4-6-17)12-9-20(25)23-13-10-22-11-14-23/h7-8,15,17,22H,3-6,9-14H2,1-2H3. The van der Waals surface area contributed by atoms with Crippen LogP contribution >= 0.6 is 0 Å². The number of methoxy groups -OCH3 is 2. The number of ether oxygens (including phenoxy) is 2. The number of nitrogens with one attached hydrogen (secondary N) is 1. The molecule has 1 aliphatic heterocycles. The van der Waals surface area contributed by atoms with Gasteiger partial charge in [0.05, 0.1) is 14.2 Å². The Kier molecular flexibility index (Phi) is 7.14. The summed E-state index contributed by atoms with van der Waals surface area (Å²) in [4.78, 5) is 29.7. The molecule has 1 N–H and O–H groups in total. The van der Waals surface area contributed by atoms with Crippen LogP contribution in [0, 0.1) is 0 Å². The van der Waals surface area contributed by atoms with Gasteiger partial charge in [0.2, 0.25) is 5.91 Å². The van der Waals surface area contributed by atoms with Gasteiger partial charge in [-0.15, -0.1) is 0 Å². The molecule has 2 amide bonds. The van der Waals surface area contributed by atoms with Gasteiger partial charge in [-0.2, -0.15) is 0 Å². The molecule has 0 aromatic heterocycles. The van der Waals surface area contributed by atoms with Crippen LogP contribution in [0.5, 0.6) is 11.5 Å². The molecule has 0 unspecified atom stereocenters. The van der Waals surface area contributed by atoms with Crippen molar-refractivity contribution in [3.63, 3.8) is 0 Å². The summed E-state index contributed by atoms with van der Waals surface area (Å²) in [5.74, 6) is 1.22. The summed E-state index contributed by atoms with van der Waals surface area (Å²) < 4.78 is 10.6. The number of benzene rings is 1. The zero-order valence-corrected chi connectivity index (χ0v) is 16.9. The molecule has 1 heterocycles. The van der Waals surface area contributed by atoms with Crippen LogP contribution in [0.25, 0.3) is 0 Å². The first-order chi connectivity index (χ1) is 13.6. The Morgan fingerprint density at radius 3 is 2.43 bits per heavy atom. The van der Waals surface area contributed by atoms with Crippen molar-refractivity contribution in [2.45, 2.75) is 38.1 Å². The van der Waals surface area contributed by atoms with Crippen LogP contribution < -0.4 is 14.8 Å². The molecule has 2 fully saturated rings. The molecule has 1 aliphatic carbocycles. The van der Waals surface area contributed by atoms with E-state index < -0.39 is 0 Å². The first-order valence-corrected chi connectivity index (χ1v) is 10.2. The van der Waals surface area contributed by atoms with E-state index in [1.54, 1.807) is 32.4 Å². The molecule has 0 radical (unpaired) electrons. The maximum absolute atomic E-state index is 13.3. The van der Waals surface area contributed by atoms with E-state index in [2.05, 4.69) is 5.32 Å². The van der Waals surface area contributed by atoms with Crippen molar-refractivity contribution >= 4 is 11.8 Å². The highest BCUT2D eigenvalue weighted by Gasteiger charge is 2.29. The largest absolute Gasteiger partial charge is 0.493 e. The summed E-state index contributed by atoms with van der Waals surface area (Å²) in [6.45, 7) is 3.61. The highest BCUT2D eigenvalue weighted by Crippen LogP contribution is 2.30. The third-order valence-electron chi connectivity index (χ3n) is 5.69. The maximum Gasteiger partial charge on any atom is 0.254 e. The number of hydrogen-bond acceptors (Lipinski definition) is 5. The van der Waals surface area contributed by atoms with Crippen LogP contribution in [0.1, 0.15) is 42.5 Å². The van der Waals surface area contributed by atoms with E-state index in [1.807, 2.05) is 9.80 Å². The van der Waals surface area contributed by atoms with Gasteiger partial charge in [0.1, 0.15) is 0 Å². The van der Waals surface area contributed by atoms with Crippen LogP contribution in [0.4, 0.5) is 0 Å². The first-order valence-electron chi connectivity index (χ1n) is 10.2. The molecule has 1 saturated carbocycles. The quantitative estimate of drug-likeness (QED) is 0.771. The Hall–Kier alpha value is -2.28. The van der Waals surface area contributed by atoms with Gasteiger partial charge in [-0.1, -0.05) is 12.8 Å². The third-order valence-corrected chi connectivity index (χ3v) is 5.69. The van der Waals surface area contributed by atoms with E-state index in [9.17, 15) is 9.59 Å². The van der Waals surface area contributed by atoms with Crippen molar-refractivity contribution in [2.75, 3.05) is 46.9 Å². The van der Waals surface area contributed by atoms with Gasteiger partial charge in [0, 0.05) is 50.7 Å². The average molecular weight is 389 g/mol. The Morgan fingerprint density at radius 2 is 1.79 bits per heavy atom. The van der Waals surface area contributed by atoms with Crippen molar-refractivity contribution in [3.05, 3.63) is 23.8 Å². The van der Waals surface area contributed by atoms with Crippen molar-refractivity contribution in [1.29, 1.82) is 0 Å². The zero-order valence-electron chi connectivity index (χ0n) is 16.9. The summed E-state index contributed by atoms with van der Waals surface area (Å²) in [6.07, 6.45) is 4.63. The predicted molar refractivity (Wildman–Crippen MR) is 107 cm³/mol. The van der Waals surface area contributed by atoms with Gasteiger partial charge in [-0.25, -0.2) is 0 Å². The smallest absolute Gasteiger partial charge is 0.254 e. The molecule has 7 heteroatoms. The molecule has 1 aromatic carbocycles. The number of carbonyl (C=O) groups is 2. The monoisotopic (exact) mass is 389 g/mol. The van der Waals surface area contributed by atoms with E-state index in [-0.39, 0.29) is 17.9 Å². The van der Waals surface area contributed by atoms with Gasteiger partial charge in [-0.05, 0) is 31.0 Å². The summed E-state index contributed by atoms with van der Waals surface area (Å²) >= 11 is 0. The Bertz CT molecular complexity index is 682. The Balaban J connectivity index is 1.72. The number of hydrogen-bond donors (Lipinski definition) is 1. The lowest BCUT2D eigenvalue weighted by Crippen LogP contribution is -2.48. The second-order valence-electron chi connectivity index (χ2n) is 7.39. The van der Waals surface area contributed by atoms with E-state index in [0.29, 0.717) is 30.0 Å². The Labute approximate surface area is 167 Å². The molecule has 154 valence electrons. The minimum Gasteiger partial charge on any atom is -0.493 e. The van der Waals surface area contributed by atoms with Crippen LogP contribution in [0.15, 0.2) is 18.2 Å². The van der Waals surface area contributed by atoms with Crippen molar-refractivity contribution < 1.29 is 19.1 Å². The first kappa shape index (κ1) is 20.5. The average Bonchev–Trinajstić information content (AvgIpc) is 3.28. The molecule has 2 aliphatic rings. The molecule has 3 rings (SSSR count). The summed E-state index contributed by atoms with van der Waals surface area (Å²) in [5, 5.41) is 3.26. The molecule has 7 nitrogen and oxygen atoms in total. The molecule has 1 saturated heterocycles. The number of amides is 2. The van der Waals surface area contributed by atoms with E-state index in [0.717, 1.165) is 51.9 Å². The van der Waals surface area contributed by atoms with Crippen LogP contribution in [0.3, 0.4) is 0 Å². The van der Waals surface area contributed by atoms with Crippen molar-refractivity contribution in [3.8, 4) is 11.5 Å². The fraction of sp³-hybridized carbons (Fsp3) is 0.619. The van der Waals surface area contributed by atoms with E-state index in [4.69, 9.17) is 9.47 Å². The molecule has 0 atom stereocenters. The highest BCUT2D eigenvalue weighted by atomic mass is 16.5. The van der Waals surface area contributed by atoms with E-state index in [1.165, 1.54) is 0 Å². The highest BCUT2D eigenvalue weighted by molar-refractivity contribution is 5.95. The van der Waals surface area contributed by atoms with Crippen molar-refractivity contribution in [1.82, 2.24) is 15.1 Å². The van der Waals surface area contributed by atoms with E-state index >= 15 is 0 Å². The third kappa shape index (κ3) is 4.76. The number of carbonyl (C=O) groups excluding carboxylic acids is 2. The van der Waals surface area contributed by atoms with Gasteiger partial charge >= 0.3 is 0 Å². The molecule has 1 aromatic rings. The minimum absolute atomic E-state index is 0.0408. The number of nitrogens with zero attached hydrogens (tertiary/aromatic N) is 2. The van der Waals surface area contributed by atoms with Crippen LogP contribution in [-0.2, 0) is 4.79 Å². The summed E-state index contributed by atoms with van der Waals surface area (Å²) in [5.41, 5.74) is 0.569.